The first-order chi connectivity index (χ1) is 8.02. The smallest absolute Gasteiger partial charge is 0.257 e. The Hall–Kier alpha value is -0.880. The maximum atomic E-state index is 11.1. The average Bonchev–Trinajstić information content (AvgIpc) is 2.89. The summed E-state index contributed by atoms with van der Waals surface area (Å²) in [6, 6.07) is 0. The lowest BCUT2D eigenvalue weighted by Gasteiger charge is -2.21. The first-order valence-corrected chi connectivity index (χ1v) is 7.61. The van der Waals surface area contributed by atoms with E-state index in [-0.39, 0.29) is 5.03 Å². The molecule has 2 N–H and O–H groups in total. The third kappa shape index (κ3) is 2.11. The van der Waals surface area contributed by atoms with Crippen molar-refractivity contribution in [2.45, 2.75) is 37.3 Å². The molecule has 1 aromatic rings. The Bertz CT molecular complexity index is 523. The molecule has 0 spiro atoms. The quantitative estimate of drug-likeness (QED) is 0.874. The molecule has 94 valence electrons. The van der Waals surface area contributed by atoms with Crippen molar-refractivity contribution in [3.05, 3.63) is 12.5 Å². The third-order valence-corrected chi connectivity index (χ3v) is 5.02. The summed E-state index contributed by atoms with van der Waals surface area (Å²) < 4.78 is 24.1. The third-order valence-electron chi connectivity index (χ3n) is 4.23. The van der Waals surface area contributed by atoms with Crippen LogP contribution < -0.4 is 5.14 Å². The Morgan fingerprint density at radius 1 is 1.41 bits per heavy atom. The Morgan fingerprint density at radius 2 is 2.24 bits per heavy atom. The molecule has 2 aliphatic rings. The molecular weight excluding hydrogens is 238 g/mol. The molecule has 2 bridgehead atoms. The lowest BCUT2D eigenvalue weighted by atomic mass is 9.89. The van der Waals surface area contributed by atoms with Gasteiger partial charge in [-0.3, -0.25) is 0 Å². The lowest BCUT2D eigenvalue weighted by molar-refractivity contribution is 0.295. The number of nitrogens with two attached hydrogens (primary N) is 1. The van der Waals surface area contributed by atoms with E-state index in [9.17, 15) is 8.42 Å². The van der Waals surface area contributed by atoms with Crippen LogP contribution in [0.2, 0.25) is 0 Å². The first-order valence-electron chi connectivity index (χ1n) is 6.07. The van der Waals surface area contributed by atoms with Crippen LogP contribution in [0.15, 0.2) is 17.6 Å². The predicted octanol–water partition coefficient (Wildman–Crippen LogP) is 0.967. The number of hydrogen-bond acceptors (Lipinski definition) is 3. The van der Waals surface area contributed by atoms with Crippen LogP contribution in [0.1, 0.15) is 25.7 Å². The zero-order chi connectivity index (χ0) is 12.0. The second-order valence-corrected chi connectivity index (χ2v) is 6.90. The normalized spacial score (nSPS) is 32.2. The summed E-state index contributed by atoms with van der Waals surface area (Å²) in [5.41, 5.74) is 0. The number of aromatic nitrogens is 2. The van der Waals surface area contributed by atoms with Gasteiger partial charge in [-0.1, -0.05) is 6.42 Å². The first kappa shape index (κ1) is 11.2. The molecule has 1 aromatic heterocycles. The second-order valence-electron chi connectivity index (χ2n) is 5.39. The molecule has 17 heavy (non-hydrogen) atoms. The summed E-state index contributed by atoms with van der Waals surface area (Å²) in [7, 11) is -3.66. The topological polar surface area (TPSA) is 78.0 Å². The van der Waals surface area contributed by atoms with Gasteiger partial charge in [0, 0.05) is 12.7 Å². The van der Waals surface area contributed by atoms with Gasteiger partial charge in [0.15, 0.2) is 5.03 Å². The fraction of sp³-hybridized carbons (Fsp3) is 0.727. The number of rotatable bonds is 3. The van der Waals surface area contributed by atoms with E-state index in [2.05, 4.69) is 4.98 Å². The molecule has 0 aromatic carbocycles. The molecule has 0 saturated heterocycles. The van der Waals surface area contributed by atoms with E-state index < -0.39 is 10.0 Å². The van der Waals surface area contributed by atoms with E-state index in [0.717, 1.165) is 18.4 Å². The highest BCUT2D eigenvalue weighted by Gasteiger charge is 2.39. The van der Waals surface area contributed by atoms with E-state index in [1.807, 2.05) is 4.57 Å². The summed E-state index contributed by atoms with van der Waals surface area (Å²) in [4.78, 5) is 3.84. The number of nitrogens with zero attached hydrogens (tertiary/aromatic N) is 2. The van der Waals surface area contributed by atoms with Gasteiger partial charge in [0.25, 0.3) is 10.0 Å². The van der Waals surface area contributed by atoms with Crippen LogP contribution in [0, 0.1) is 17.8 Å². The Labute approximate surface area is 101 Å². The molecule has 1 heterocycles. The van der Waals surface area contributed by atoms with Crippen LogP contribution in [0.25, 0.3) is 0 Å². The summed E-state index contributed by atoms with van der Waals surface area (Å²) in [6.45, 7) is 0.879. The number of primary sulfonamides is 1. The van der Waals surface area contributed by atoms with Crippen molar-refractivity contribution >= 4 is 10.0 Å². The van der Waals surface area contributed by atoms with Crippen LogP contribution >= 0.6 is 0 Å². The lowest BCUT2D eigenvalue weighted by Crippen LogP contribution is -2.16. The maximum Gasteiger partial charge on any atom is 0.257 e. The van der Waals surface area contributed by atoms with Crippen molar-refractivity contribution in [2.75, 3.05) is 0 Å². The summed E-state index contributed by atoms with van der Waals surface area (Å²) in [5.74, 6) is 2.43. The van der Waals surface area contributed by atoms with Gasteiger partial charge in [0.05, 0.1) is 6.33 Å². The molecular formula is C11H17N3O2S. The fourth-order valence-electron chi connectivity index (χ4n) is 3.46. The molecule has 6 heteroatoms. The standard InChI is InChI=1S/C11H17N3O2S/c12-17(15,16)11-6-14(7-13-11)5-10-4-8-1-2-9(10)3-8/h6-10H,1-5H2,(H2,12,15,16). The Balaban J connectivity index is 1.72. The van der Waals surface area contributed by atoms with Gasteiger partial charge in [0.1, 0.15) is 0 Å². The molecule has 5 nitrogen and oxygen atoms in total. The monoisotopic (exact) mass is 255 g/mol. The molecule has 3 unspecified atom stereocenters. The number of sulfonamides is 1. The highest BCUT2D eigenvalue weighted by molar-refractivity contribution is 7.89. The second kappa shape index (κ2) is 3.81. The molecule has 3 rings (SSSR count). The number of hydrogen-bond donors (Lipinski definition) is 1. The van der Waals surface area contributed by atoms with Crippen LogP contribution in [0.3, 0.4) is 0 Å². The molecule has 0 radical (unpaired) electrons. The van der Waals surface area contributed by atoms with E-state index >= 15 is 0 Å². The summed E-state index contributed by atoms with van der Waals surface area (Å²) in [5, 5.41) is 5.01. The predicted molar refractivity (Wildman–Crippen MR) is 62.5 cm³/mol. The largest absolute Gasteiger partial charge is 0.336 e. The van der Waals surface area contributed by atoms with Gasteiger partial charge < -0.3 is 4.57 Å². The molecule has 2 fully saturated rings. The Kier molecular flexibility index (Phi) is 2.52. The van der Waals surface area contributed by atoms with Crippen LogP contribution in [-0.4, -0.2) is 18.0 Å². The van der Waals surface area contributed by atoms with Crippen molar-refractivity contribution in [2.24, 2.45) is 22.9 Å². The van der Waals surface area contributed by atoms with Gasteiger partial charge >= 0.3 is 0 Å². The zero-order valence-electron chi connectivity index (χ0n) is 9.62. The van der Waals surface area contributed by atoms with Gasteiger partial charge in [-0.25, -0.2) is 18.5 Å². The van der Waals surface area contributed by atoms with Gasteiger partial charge in [-0.05, 0) is 37.0 Å². The summed E-state index contributed by atoms with van der Waals surface area (Å²) in [6.07, 6.45) is 8.49. The minimum Gasteiger partial charge on any atom is -0.336 e. The highest BCUT2D eigenvalue weighted by atomic mass is 32.2. The van der Waals surface area contributed by atoms with Crippen LogP contribution in [-0.2, 0) is 16.6 Å². The molecule has 0 aliphatic heterocycles. The van der Waals surface area contributed by atoms with E-state index in [1.54, 1.807) is 12.5 Å². The van der Waals surface area contributed by atoms with Crippen LogP contribution in [0.4, 0.5) is 0 Å². The fourth-order valence-corrected chi connectivity index (χ4v) is 3.93. The summed E-state index contributed by atoms with van der Waals surface area (Å²) >= 11 is 0. The van der Waals surface area contributed by atoms with E-state index in [4.69, 9.17) is 5.14 Å². The maximum absolute atomic E-state index is 11.1. The minimum absolute atomic E-state index is 0.0272. The number of imidazole rings is 1. The van der Waals surface area contributed by atoms with E-state index in [0.29, 0.717) is 5.92 Å². The van der Waals surface area contributed by atoms with Crippen molar-refractivity contribution in [3.8, 4) is 0 Å². The highest BCUT2D eigenvalue weighted by Crippen LogP contribution is 2.48. The van der Waals surface area contributed by atoms with Crippen LogP contribution in [0.5, 0.6) is 0 Å². The molecule has 3 atom stereocenters. The SMILES string of the molecule is NS(=O)(=O)c1cn(CC2CC3CCC2C3)cn1. The van der Waals surface area contributed by atoms with Crippen molar-refractivity contribution in [3.63, 3.8) is 0 Å². The molecule has 2 saturated carbocycles. The van der Waals surface area contributed by atoms with Gasteiger partial charge in [0.2, 0.25) is 0 Å². The van der Waals surface area contributed by atoms with Crippen molar-refractivity contribution in [1.82, 2.24) is 9.55 Å². The molecule has 0 amide bonds. The minimum atomic E-state index is -3.66. The average molecular weight is 255 g/mol. The van der Waals surface area contributed by atoms with Gasteiger partial charge in [-0.2, -0.15) is 0 Å². The van der Waals surface area contributed by atoms with Crippen molar-refractivity contribution < 1.29 is 8.42 Å². The Morgan fingerprint density at radius 3 is 2.76 bits per heavy atom. The van der Waals surface area contributed by atoms with Crippen molar-refractivity contribution in [1.29, 1.82) is 0 Å². The molecule has 2 aliphatic carbocycles. The van der Waals surface area contributed by atoms with Gasteiger partial charge in [-0.15, -0.1) is 0 Å². The zero-order valence-corrected chi connectivity index (χ0v) is 10.4. The van der Waals surface area contributed by atoms with E-state index in [1.165, 1.54) is 25.7 Å². The number of fused-ring (bicyclic) bond motifs is 2.